The fourth-order valence-corrected chi connectivity index (χ4v) is 4.79. The number of methoxy groups -OCH3 is 1. The number of ether oxygens (including phenoxy) is 1. The number of thiocarbonyl (C=S) groups is 1. The molecule has 0 fully saturated rings. The first-order valence-electron chi connectivity index (χ1n) is 11.4. The summed E-state index contributed by atoms with van der Waals surface area (Å²) in [5.41, 5.74) is 17.8. The lowest BCUT2D eigenvalue weighted by atomic mass is 9.95. The predicted octanol–water partition coefficient (Wildman–Crippen LogP) is 3.61. The Morgan fingerprint density at radius 2 is 1.94 bits per heavy atom. The first-order valence-corrected chi connectivity index (χ1v) is 11.8. The Kier molecular flexibility index (Phi) is 7.22. The molecular weight excluding hydrogens is 420 g/mol. The molecule has 4 N–H and O–H groups in total. The molecule has 1 aliphatic carbocycles. The van der Waals surface area contributed by atoms with E-state index in [0.717, 1.165) is 67.9 Å². The Morgan fingerprint density at radius 3 is 2.69 bits per heavy atom. The van der Waals surface area contributed by atoms with Crippen molar-refractivity contribution in [3.05, 3.63) is 47.4 Å². The van der Waals surface area contributed by atoms with Gasteiger partial charge in [-0.3, -0.25) is 0 Å². The minimum absolute atomic E-state index is 0.401. The molecule has 7 nitrogen and oxygen atoms in total. The van der Waals surface area contributed by atoms with Gasteiger partial charge >= 0.3 is 0 Å². The molecular formula is C24H32N6OS. The number of para-hydroxylation sites is 1. The summed E-state index contributed by atoms with van der Waals surface area (Å²) in [6.45, 7) is 2.27. The van der Waals surface area contributed by atoms with Crippen LogP contribution in [0.2, 0.25) is 0 Å². The van der Waals surface area contributed by atoms with Gasteiger partial charge in [-0.1, -0.05) is 18.2 Å². The van der Waals surface area contributed by atoms with Crippen LogP contribution < -0.4 is 16.4 Å². The van der Waals surface area contributed by atoms with Crippen LogP contribution in [0.3, 0.4) is 0 Å². The van der Waals surface area contributed by atoms with E-state index in [2.05, 4.69) is 9.55 Å². The maximum Gasteiger partial charge on any atom is 0.170 e. The summed E-state index contributed by atoms with van der Waals surface area (Å²) in [7, 11) is 1.72. The highest BCUT2D eigenvalue weighted by atomic mass is 32.1. The molecule has 4 rings (SSSR count). The second kappa shape index (κ2) is 10.3. The van der Waals surface area contributed by atoms with Crippen LogP contribution in [0.5, 0.6) is 0 Å². The minimum atomic E-state index is 0.401. The van der Waals surface area contributed by atoms with Crippen molar-refractivity contribution < 1.29 is 4.74 Å². The monoisotopic (exact) mass is 452 g/mol. The Bertz CT molecular complexity index is 1080. The van der Waals surface area contributed by atoms with Gasteiger partial charge in [-0.15, -0.1) is 0 Å². The van der Waals surface area contributed by atoms with Crippen molar-refractivity contribution in [2.75, 3.05) is 30.9 Å². The average Bonchev–Trinajstić information content (AvgIpc) is 3.17. The third kappa shape index (κ3) is 4.71. The first kappa shape index (κ1) is 22.5. The summed E-state index contributed by atoms with van der Waals surface area (Å²) in [6, 6.07) is 10.1. The molecule has 0 bridgehead atoms. The summed E-state index contributed by atoms with van der Waals surface area (Å²) in [5, 5.41) is 0.401. The summed E-state index contributed by atoms with van der Waals surface area (Å²) >= 11 is 5.30. The highest BCUT2D eigenvalue weighted by Gasteiger charge is 2.22. The summed E-state index contributed by atoms with van der Waals surface area (Å²) < 4.78 is 7.69. The molecule has 0 saturated heterocycles. The number of imidazole rings is 1. The van der Waals surface area contributed by atoms with Gasteiger partial charge in [-0.25, -0.2) is 9.97 Å². The number of hydrogen-bond acceptors (Lipinski definition) is 5. The van der Waals surface area contributed by atoms with Crippen LogP contribution in [-0.2, 0) is 30.5 Å². The molecule has 0 atom stereocenters. The molecule has 32 heavy (non-hydrogen) atoms. The molecule has 8 heteroatoms. The van der Waals surface area contributed by atoms with Crippen LogP contribution in [-0.4, -0.2) is 39.9 Å². The lowest BCUT2D eigenvalue weighted by molar-refractivity contribution is 0.199. The summed E-state index contributed by atoms with van der Waals surface area (Å²) in [5.74, 6) is 1.56. The Hall–Kier alpha value is -2.71. The van der Waals surface area contributed by atoms with E-state index in [1.54, 1.807) is 7.11 Å². The number of fused-ring (bicyclic) bond motifs is 3. The third-order valence-corrected chi connectivity index (χ3v) is 6.37. The normalized spacial score (nSPS) is 13.3. The van der Waals surface area contributed by atoms with Crippen LogP contribution in [0.4, 0.5) is 11.5 Å². The molecule has 2 aromatic heterocycles. The van der Waals surface area contributed by atoms with Gasteiger partial charge in [0.05, 0.1) is 12.1 Å². The van der Waals surface area contributed by atoms with Crippen molar-refractivity contribution in [1.29, 1.82) is 0 Å². The molecule has 0 saturated carbocycles. The zero-order valence-corrected chi connectivity index (χ0v) is 19.5. The molecule has 1 aliphatic rings. The van der Waals surface area contributed by atoms with E-state index in [1.165, 1.54) is 23.9 Å². The van der Waals surface area contributed by atoms with Gasteiger partial charge in [-0.05, 0) is 68.4 Å². The van der Waals surface area contributed by atoms with Gasteiger partial charge in [-0.2, -0.15) is 0 Å². The van der Waals surface area contributed by atoms with Crippen LogP contribution in [0, 0.1) is 0 Å². The van der Waals surface area contributed by atoms with E-state index in [9.17, 15) is 0 Å². The molecule has 2 heterocycles. The predicted molar refractivity (Wildman–Crippen MR) is 134 cm³/mol. The lowest BCUT2D eigenvalue weighted by Gasteiger charge is -2.23. The van der Waals surface area contributed by atoms with Gasteiger partial charge in [0.2, 0.25) is 0 Å². The zero-order valence-electron chi connectivity index (χ0n) is 18.7. The number of pyridine rings is 1. The Balaban J connectivity index is 1.56. The van der Waals surface area contributed by atoms with Gasteiger partial charge in [0, 0.05) is 38.0 Å². The van der Waals surface area contributed by atoms with Gasteiger partial charge in [0.15, 0.2) is 10.9 Å². The quantitative estimate of drug-likeness (QED) is 0.378. The first-order chi connectivity index (χ1) is 15.6. The number of unbranched alkanes of at least 4 members (excludes halogenated alkanes) is 1. The lowest BCUT2D eigenvalue weighted by Crippen LogP contribution is -2.36. The molecule has 0 spiro atoms. The van der Waals surface area contributed by atoms with Crippen molar-refractivity contribution in [3.8, 4) is 0 Å². The third-order valence-electron chi connectivity index (χ3n) is 6.15. The summed E-state index contributed by atoms with van der Waals surface area (Å²) in [6.07, 6.45) is 7.08. The molecule has 1 aromatic carbocycles. The topological polar surface area (TPSA) is 95.2 Å². The van der Waals surface area contributed by atoms with Crippen molar-refractivity contribution in [3.63, 3.8) is 0 Å². The zero-order chi connectivity index (χ0) is 22.5. The standard InChI is InChI=1S/C24H32N6OS/c1-31-16-13-20-28-21-22(18-11-5-6-12-19(18)27-23(21)25)30(20)15-8-7-14-29(24(26)32)17-9-3-2-4-10-17/h2-4,9-10H,5-8,11-16H2,1H3,(H2,25,27)(H2,26,32). The number of nitrogen functional groups attached to an aromatic ring is 1. The fourth-order valence-electron chi connectivity index (χ4n) is 4.59. The number of anilines is 2. The number of rotatable bonds is 9. The van der Waals surface area contributed by atoms with Gasteiger partial charge in [0.1, 0.15) is 11.3 Å². The maximum absolute atomic E-state index is 6.33. The summed E-state index contributed by atoms with van der Waals surface area (Å²) in [4.78, 5) is 11.6. The van der Waals surface area contributed by atoms with Crippen LogP contribution >= 0.6 is 12.2 Å². The van der Waals surface area contributed by atoms with Crippen LogP contribution in [0.15, 0.2) is 30.3 Å². The molecule has 0 unspecified atom stereocenters. The number of benzene rings is 1. The number of nitrogens with two attached hydrogens (primary N) is 2. The Labute approximate surface area is 194 Å². The minimum Gasteiger partial charge on any atom is -0.384 e. The van der Waals surface area contributed by atoms with Gasteiger partial charge < -0.3 is 25.7 Å². The van der Waals surface area contributed by atoms with E-state index in [-0.39, 0.29) is 0 Å². The van der Waals surface area contributed by atoms with Crippen molar-refractivity contribution in [2.24, 2.45) is 5.73 Å². The number of hydrogen-bond donors (Lipinski definition) is 2. The maximum atomic E-state index is 6.33. The molecule has 0 radical (unpaired) electrons. The van der Waals surface area contributed by atoms with E-state index in [1.807, 2.05) is 35.2 Å². The second-order valence-electron chi connectivity index (χ2n) is 8.28. The van der Waals surface area contributed by atoms with E-state index < -0.39 is 0 Å². The van der Waals surface area contributed by atoms with Crippen LogP contribution in [0.1, 0.15) is 42.8 Å². The second-order valence-corrected chi connectivity index (χ2v) is 8.70. The smallest absolute Gasteiger partial charge is 0.170 e. The van der Waals surface area contributed by atoms with E-state index >= 15 is 0 Å². The largest absolute Gasteiger partial charge is 0.384 e. The molecule has 0 amide bonds. The number of aryl methyl sites for hydroxylation is 3. The molecule has 3 aromatic rings. The SMILES string of the molecule is COCCc1nc2c(N)nc3c(c2n1CCCCN(C(N)=S)c1ccccc1)CCCC3. The molecule has 0 aliphatic heterocycles. The highest BCUT2D eigenvalue weighted by Crippen LogP contribution is 2.32. The van der Waals surface area contributed by atoms with Crippen molar-refractivity contribution >= 4 is 39.9 Å². The fraction of sp³-hybridized carbons (Fsp3) is 0.458. The van der Waals surface area contributed by atoms with E-state index in [0.29, 0.717) is 17.5 Å². The Morgan fingerprint density at radius 1 is 1.16 bits per heavy atom. The molecule has 170 valence electrons. The number of nitrogens with zero attached hydrogens (tertiary/aromatic N) is 4. The van der Waals surface area contributed by atoms with Crippen LogP contribution in [0.25, 0.3) is 11.0 Å². The van der Waals surface area contributed by atoms with Gasteiger partial charge in [0.25, 0.3) is 0 Å². The van der Waals surface area contributed by atoms with Crippen molar-refractivity contribution in [2.45, 2.75) is 51.5 Å². The van der Waals surface area contributed by atoms with E-state index in [4.69, 9.17) is 33.4 Å². The average molecular weight is 453 g/mol. The van der Waals surface area contributed by atoms with Crippen molar-refractivity contribution in [1.82, 2.24) is 14.5 Å². The highest BCUT2D eigenvalue weighted by molar-refractivity contribution is 7.80. The number of aromatic nitrogens is 3.